The van der Waals surface area contributed by atoms with Crippen molar-refractivity contribution in [2.24, 2.45) is 5.92 Å². The number of thiophene rings is 2. The second-order valence-corrected chi connectivity index (χ2v) is 7.55. The normalized spacial score (nSPS) is 23.9. The molecule has 1 nitrogen and oxygen atoms in total. The molecule has 0 amide bonds. The van der Waals surface area contributed by atoms with Crippen LogP contribution in [0.4, 0.5) is 0 Å². The molecule has 0 aromatic carbocycles. The molecule has 2 heterocycles. The molecule has 3 heteroatoms. The minimum absolute atomic E-state index is 0.401. The van der Waals surface area contributed by atoms with E-state index >= 15 is 0 Å². The van der Waals surface area contributed by atoms with Crippen LogP contribution in [0.2, 0.25) is 0 Å². The summed E-state index contributed by atoms with van der Waals surface area (Å²) in [5, 5.41) is 8.26. The summed E-state index contributed by atoms with van der Waals surface area (Å²) >= 11 is 3.73. The van der Waals surface area contributed by atoms with Crippen LogP contribution in [0.1, 0.15) is 48.4 Å². The molecule has 1 saturated carbocycles. The van der Waals surface area contributed by atoms with Gasteiger partial charge in [-0.1, -0.05) is 19.1 Å². The lowest BCUT2D eigenvalue weighted by Gasteiger charge is -2.30. The molecule has 0 radical (unpaired) electrons. The van der Waals surface area contributed by atoms with Crippen molar-refractivity contribution in [3.8, 4) is 0 Å². The summed E-state index contributed by atoms with van der Waals surface area (Å²) in [6, 6.07) is 9.92. The van der Waals surface area contributed by atoms with E-state index in [4.69, 9.17) is 0 Å². The van der Waals surface area contributed by atoms with Gasteiger partial charge in [0.25, 0.3) is 0 Å². The molecule has 2 aromatic heterocycles. The van der Waals surface area contributed by atoms with Crippen molar-refractivity contribution in [2.45, 2.75) is 44.7 Å². The van der Waals surface area contributed by atoms with Crippen molar-refractivity contribution >= 4 is 22.7 Å². The molecule has 19 heavy (non-hydrogen) atoms. The first-order valence-electron chi connectivity index (χ1n) is 7.16. The van der Waals surface area contributed by atoms with Gasteiger partial charge in [0.2, 0.25) is 0 Å². The third kappa shape index (κ3) is 3.28. The highest BCUT2D eigenvalue weighted by Crippen LogP contribution is 2.32. The minimum Gasteiger partial charge on any atom is -0.302 e. The second kappa shape index (κ2) is 6.21. The molecule has 0 atom stereocenters. The largest absolute Gasteiger partial charge is 0.302 e. The quantitative estimate of drug-likeness (QED) is 0.829. The van der Waals surface area contributed by atoms with Crippen LogP contribution in [0.15, 0.2) is 35.0 Å². The highest BCUT2D eigenvalue weighted by atomic mass is 32.1. The van der Waals surface area contributed by atoms with E-state index in [-0.39, 0.29) is 0 Å². The van der Waals surface area contributed by atoms with Crippen LogP contribution in [-0.2, 0) is 0 Å². The fraction of sp³-hybridized carbons (Fsp3) is 0.500. The molecule has 0 aliphatic heterocycles. The SMILES string of the molecule is CC1CCC(NC(c2cccs2)c2cccs2)CC1. The lowest BCUT2D eigenvalue weighted by Crippen LogP contribution is -2.35. The lowest BCUT2D eigenvalue weighted by atomic mass is 9.87. The highest BCUT2D eigenvalue weighted by Gasteiger charge is 2.23. The summed E-state index contributed by atoms with van der Waals surface area (Å²) < 4.78 is 0. The van der Waals surface area contributed by atoms with Crippen LogP contribution >= 0.6 is 22.7 Å². The first-order valence-corrected chi connectivity index (χ1v) is 8.91. The highest BCUT2D eigenvalue weighted by molar-refractivity contribution is 7.11. The van der Waals surface area contributed by atoms with Gasteiger partial charge in [-0.3, -0.25) is 0 Å². The summed E-state index contributed by atoms with van der Waals surface area (Å²) in [5.74, 6) is 0.917. The Morgan fingerprint density at radius 3 is 2.05 bits per heavy atom. The maximum Gasteiger partial charge on any atom is 0.0766 e. The molecule has 1 aliphatic rings. The van der Waals surface area contributed by atoms with E-state index < -0.39 is 0 Å². The van der Waals surface area contributed by atoms with Gasteiger partial charge in [-0.2, -0.15) is 0 Å². The monoisotopic (exact) mass is 291 g/mol. The van der Waals surface area contributed by atoms with Crippen molar-refractivity contribution in [1.29, 1.82) is 0 Å². The summed E-state index contributed by atoms with van der Waals surface area (Å²) in [6.07, 6.45) is 5.40. The first kappa shape index (κ1) is 13.3. The van der Waals surface area contributed by atoms with Crippen molar-refractivity contribution in [2.75, 3.05) is 0 Å². The van der Waals surface area contributed by atoms with E-state index in [1.807, 2.05) is 22.7 Å². The van der Waals surface area contributed by atoms with Crippen LogP contribution in [-0.4, -0.2) is 6.04 Å². The molecule has 1 N–H and O–H groups in total. The van der Waals surface area contributed by atoms with Gasteiger partial charge in [0.05, 0.1) is 6.04 Å². The van der Waals surface area contributed by atoms with Crippen LogP contribution in [0.5, 0.6) is 0 Å². The summed E-state index contributed by atoms with van der Waals surface area (Å²) in [7, 11) is 0. The smallest absolute Gasteiger partial charge is 0.0766 e. The molecule has 1 fully saturated rings. The molecule has 0 bridgehead atoms. The standard InChI is InChI=1S/C16H21NS2/c1-12-6-8-13(9-7-12)17-16(14-4-2-10-18-14)15-5-3-11-19-15/h2-5,10-13,16-17H,6-9H2,1H3. The number of nitrogens with one attached hydrogen (secondary N) is 1. The molecule has 0 spiro atoms. The number of rotatable bonds is 4. The molecule has 0 unspecified atom stereocenters. The van der Waals surface area contributed by atoms with Gasteiger partial charge < -0.3 is 5.32 Å². The van der Waals surface area contributed by atoms with E-state index in [0.717, 1.165) is 5.92 Å². The first-order chi connectivity index (χ1) is 9.33. The van der Waals surface area contributed by atoms with Crippen molar-refractivity contribution in [3.05, 3.63) is 44.8 Å². The third-order valence-electron chi connectivity index (χ3n) is 4.07. The van der Waals surface area contributed by atoms with Gasteiger partial charge in [0.1, 0.15) is 0 Å². The topological polar surface area (TPSA) is 12.0 Å². The van der Waals surface area contributed by atoms with Crippen molar-refractivity contribution in [3.63, 3.8) is 0 Å². The van der Waals surface area contributed by atoms with Gasteiger partial charge in [-0.15, -0.1) is 22.7 Å². The average molecular weight is 291 g/mol. The number of hydrogen-bond donors (Lipinski definition) is 1. The Morgan fingerprint density at radius 2 is 1.58 bits per heavy atom. The second-order valence-electron chi connectivity index (χ2n) is 5.59. The molecule has 2 aromatic rings. The Hall–Kier alpha value is -0.640. The minimum atomic E-state index is 0.401. The summed E-state index contributed by atoms with van der Waals surface area (Å²) in [5.41, 5.74) is 0. The predicted octanol–water partition coefficient (Wildman–Crippen LogP) is 5.07. The Balaban J connectivity index is 1.73. The summed E-state index contributed by atoms with van der Waals surface area (Å²) in [6.45, 7) is 2.38. The molecule has 1 aliphatic carbocycles. The van der Waals surface area contributed by atoms with Crippen LogP contribution < -0.4 is 5.32 Å². The van der Waals surface area contributed by atoms with Crippen molar-refractivity contribution < 1.29 is 0 Å². The molecule has 0 saturated heterocycles. The fourth-order valence-electron chi connectivity index (χ4n) is 2.88. The van der Waals surface area contributed by atoms with E-state index in [2.05, 4.69) is 47.3 Å². The third-order valence-corrected chi connectivity index (χ3v) is 5.95. The Bertz CT molecular complexity index is 433. The van der Waals surface area contributed by atoms with E-state index in [1.165, 1.54) is 35.4 Å². The van der Waals surface area contributed by atoms with Gasteiger partial charge in [0, 0.05) is 15.8 Å². The molecule has 3 rings (SSSR count). The van der Waals surface area contributed by atoms with E-state index in [9.17, 15) is 0 Å². The fourth-order valence-corrected chi connectivity index (χ4v) is 4.56. The lowest BCUT2D eigenvalue weighted by molar-refractivity contribution is 0.298. The zero-order chi connectivity index (χ0) is 13.1. The van der Waals surface area contributed by atoms with E-state index in [1.54, 1.807) is 0 Å². The average Bonchev–Trinajstić information content (AvgIpc) is 3.11. The van der Waals surface area contributed by atoms with Gasteiger partial charge in [-0.25, -0.2) is 0 Å². The molecular weight excluding hydrogens is 270 g/mol. The zero-order valence-electron chi connectivity index (χ0n) is 11.3. The van der Waals surface area contributed by atoms with Crippen LogP contribution in [0.3, 0.4) is 0 Å². The Labute approximate surface area is 123 Å². The van der Waals surface area contributed by atoms with Crippen molar-refractivity contribution in [1.82, 2.24) is 5.32 Å². The van der Waals surface area contributed by atoms with E-state index in [0.29, 0.717) is 12.1 Å². The Kier molecular flexibility index (Phi) is 4.36. The molecule has 102 valence electrons. The summed E-state index contributed by atoms with van der Waals surface area (Å²) in [4.78, 5) is 2.89. The van der Waals surface area contributed by atoms with Crippen LogP contribution in [0, 0.1) is 5.92 Å². The van der Waals surface area contributed by atoms with Gasteiger partial charge in [-0.05, 0) is 54.5 Å². The van der Waals surface area contributed by atoms with Gasteiger partial charge in [0.15, 0.2) is 0 Å². The van der Waals surface area contributed by atoms with Gasteiger partial charge >= 0.3 is 0 Å². The van der Waals surface area contributed by atoms with Crippen LogP contribution in [0.25, 0.3) is 0 Å². The maximum absolute atomic E-state index is 3.90. The zero-order valence-corrected chi connectivity index (χ0v) is 13.0. The molecular formula is C16H21NS2. The Morgan fingerprint density at radius 1 is 1.00 bits per heavy atom. The predicted molar refractivity (Wildman–Crippen MR) is 85.0 cm³/mol. The number of hydrogen-bond acceptors (Lipinski definition) is 3. The maximum atomic E-state index is 3.90.